The van der Waals surface area contributed by atoms with Gasteiger partial charge in [-0.1, -0.05) is 12.1 Å². The van der Waals surface area contributed by atoms with Gasteiger partial charge in [0.15, 0.2) is 11.6 Å². The van der Waals surface area contributed by atoms with Gasteiger partial charge in [-0.05, 0) is 18.9 Å². The molecular weight excluding hydrogens is 259 g/mol. The number of aryl methyl sites for hydroxylation is 1. The third-order valence-corrected chi connectivity index (χ3v) is 3.56. The van der Waals surface area contributed by atoms with Crippen LogP contribution in [0.5, 0.6) is 5.75 Å². The Labute approximate surface area is 116 Å². The number of aromatic nitrogens is 3. The predicted molar refractivity (Wildman–Crippen MR) is 73.2 cm³/mol. The van der Waals surface area contributed by atoms with Crippen molar-refractivity contribution in [3.8, 4) is 5.75 Å². The van der Waals surface area contributed by atoms with Crippen LogP contribution in [0.4, 0.5) is 10.3 Å². The second kappa shape index (κ2) is 5.48. The quantitative estimate of drug-likeness (QED) is 0.931. The molecule has 6 heteroatoms. The minimum Gasteiger partial charge on any atom is -0.494 e. The lowest BCUT2D eigenvalue weighted by atomic mass is 10.2. The number of halogens is 1. The van der Waals surface area contributed by atoms with E-state index in [2.05, 4.69) is 20.1 Å². The summed E-state index contributed by atoms with van der Waals surface area (Å²) in [5.74, 6) is 1.64. The topological polar surface area (TPSA) is 52.0 Å². The highest BCUT2D eigenvalue weighted by Gasteiger charge is 2.16. The van der Waals surface area contributed by atoms with E-state index in [1.54, 1.807) is 18.2 Å². The Balaban J connectivity index is 1.75. The molecular formula is C14H17FN4O. The number of fused-ring (bicyclic) bond motifs is 1. The van der Waals surface area contributed by atoms with E-state index in [1.165, 1.54) is 7.11 Å². The SMILES string of the molecule is COc1cccc(CNc2nnc3n2CCCC3)c1F. The maximum absolute atomic E-state index is 14.0. The smallest absolute Gasteiger partial charge is 0.224 e. The van der Waals surface area contributed by atoms with Crippen molar-refractivity contribution in [2.45, 2.75) is 32.4 Å². The molecule has 20 heavy (non-hydrogen) atoms. The van der Waals surface area contributed by atoms with E-state index < -0.39 is 0 Å². The van der Waals surface area contributed by atoms with Crippen LogP contribution in [0.1, 0.15) is 24.2 Å². The number of nitrogens with one attached hydrogen (secondary N) is 1. The molecule has 1 aliphatic rings. The van der Waals surface area contributed by atoms with Gasteiger partial charge in [0.05, 0.1) is 7.11 Å². The van der Waals surface area contributed by atoms with E-state index in [9.17, 15) is 4.39 Å². The molecule has 1 aliphatic heterocycles. The predicted octanol–water partition coefficient (Wildman–Crippen LogP) is 2.37. The second-order valence-electron chi connectivity index (χ2n) is 4.84. The summed E-state index contributed by atoms with van der Waals surface area (Å²) >= 11 is 0. The molecule has 3 rings (SSSR count). The highest BCUT2D eigenvalue weighted by Crippen LogP contribution is 2.22. The van der Waals surface area contributed by atoms with Crippen molar-refractivity contribution in [2.24, 2.45) is 0 Å². The number of ether oxygens (including phenoxy) is 1. The summed E-state index contributed by atoms with van der Waals surface area (Å²) in [6.07, 6.45) is 3.25. The zero-order chi connectivity index (χ0) is 13.9. The Morgan fingerprint density at radius 3 is 3.10 bits per heavy atom. The van der Waals surface area contributed by atoms with Crippen LogP contribution < -0.4 is 10.1 Å². The fourth-order valence-electron chi connectivity index (χ4n) is 2.46. The van der Waals surface area contributed by atoms with Crippen molar-refractivity contribution in [1.82, 2.24) is 14.8 Å². The van der Waals surface area contributed by atoms with Crippen LogP contribution in [0.3, 0.4) is 0 Å². The standard InChI is InChI=1S/C14H17FN4O/c1-20-11-6-4-5-10(13(11)15)9-16-14-18-17-12-7-2-3-8-19(12)14/h4-6H,2-3,7-9H2,1H3,(H,16,18). The Morgan fingerprint density at radius 2 is 2.25 bits per heavy atom. The Kier molecular flexibility index (Phi) is 3.54. The number of benzene rings is 1. The van der Waals surface area contributed by atoms with Crippen LogP contribution in [-0.2, 0) is 19.5 Å². The van der Waals surface area contributed by atoms with Gasteiger partial charge in [0, 0.05) is 25.1 Å². The van der Waals surface area contributed by atoms with Gasteiger partial charge in [0.25, 0.3) is 0 Å². The van der Waals surface area contributed by atoms with E-state index in [0.29, 0.717) is 18.1 Å². The second-order valence-corrected chi connectivity index (χ2v) is 4.84. The molecule has 1 aromatic carbocycles. The highest BCUT2D eigenvalue weighted by atomic mass is 19.1. The zero-order valence-electron chi connectivity index (χ0n) is 11.4. The lowest BCUT2D eigenvalue weighted by molar-refractivity contribution is 0.384. The maximum atomic E-state index is 14.0. The minimum absolute atomic E-state index is 0.257. The number of methoxy groups -OCH3 is 1. The highest BCUT2D eigenvalue weighted by molar-refractivity contribution is 5.35. The lowest BCUT2D eigenvalue weighted by Crippen LogP contribution is -2.14. The molecule has 0 saturated heterocycles. The fraction of sp³-hybridized carbons (Fsp3) is 0.429. The molecule has 0 fully saturated rings. The first kappa shape index (κ1) is 12.9. The van der Waals surface area contributed by atoms with Gasteiger partial charge in [-0.2, -0.15) is 0 Å². The van der Waals surface area contributed by atoms with Crippen LogP contribution >= 0.6 is 0 Å². The molecule has 0 radical (unpaired) electrons. The number of hydrogen-bond acceptors (Lipinski definition) is 4. The molecule has 2 heterocycles. The van der Waals surface area contributed by atoms with Crippen molar-refractivity contribution in [1.29, 1.82) is 0 Å². The summed E-state index contributed by atoms with van der Waals surface area (Å²) in [6.45, 7) is 1.28. The third kappa shape index (κ3) is 2.33. The zero-order valence-corrected chi connectivity index (χ0v) is 11.4. The van der Waals surface area contributed by atoms with E-state index in [1.807, 2.05) is 0 Å². The summed E-state index contributed by atoms with van der Waals surface area (Å²) in [7, 11) is 1.46. The minimum atomic E-state index is -0.333. The van der Waals surface area contributed by atoms with Crippen LogP contribution in [0.25, 0.3) is 0 Å². The summed E-state index contributed by atoms with van der Waals surface area (Å²) in [5.41, 5.74) is 0.553. The number of rotatable bonds is 4. The lowest BCUT2D eigenvalue weighted by Gasteiger charge is -2.15. The third-order valence-electron chi connectivity index (χ3n) is 3.56. The average Bonchev–Trinajstić information content (AvgIpc) is 2.89. The Bertz CT molecular complexity index is 611. The molecule has 1 aromatic heterocycles. The van der Waals surface area contributed by atoms with Gasteiger partial charge in [0.2, 0.25) is 5.95 Å². The van der Waals surface area contributed by atoms with Gasteiger partial charge in [-0.15, -0.1) is 10.2 Å². The van der Waals surface area contributed by atoms with Gasteiger partial charge in [0.1, 0.15) is 5.82 Å². The molecule has 106 valence electrons. The van der Waals surface area contributed by atoms with Crippen LogP contribution in [0, 0.1) is 5.82 Å². The average molecular weight is 276 g/mol. The van der Waals surface area contributed by atoms with Crippen LogP contribution in [-0.4, -0.2) is 21.9 Å². The molecule has 0 atom stereocenters. The molecule has 0 aliphatic carbocycles. The summed E-state index contributed by atoms with van der Waals surface area (Å²) < 4.78 is 21.1. The van der Waals surface area contributed by atoms with E-state index >= 15 is 0 Å². The monoisotopic (exact) mass is 276 g/mol. The van der Waals surface area contributed by atoms with Crippen LogP contribution in [0.15, 0.2) is 18.2 Å². The molecule has 0 amide bonds. The molecule has 5 nitrogen and oxygen atoms in total. The van der Waals surface area contributed by atoms with Crippen LogP contribution in [0.2, 0.25) is 0 Å². The van der Waals surface area contributed by atoms with Gasteiger partial charge < -0.3 is 10.1 Å². The van der Waals surface area contributed by atoms with Crippen molar-refractivity contribution in [3.05, 3.63) is 35.4 Å². The van der Waals surface area contributed by atoms with Gasteiger partial charge in [-0.3, -0.25) is 4.57 Å². The largest absolute Gasteiger partial charge is 0.494 e. The number of hydrogen-bond donors (Lipinski definition) is 1. The Morgan fingerprint density at radius 1 is 1.35 bits per heavy atom. The van der Waals surface area contributed by atoms with E-state index in [4.69, 9.17) is 4.74 Å². The number of nitrogens with zero attached hydrogens (tertiary/aromatic N) is 3. The van der Waals surface area contributed by atoms with Crippen molar-refractivity contribution in [3.63, 3.8) is 0 Å². The maximum Gasteiger partial charge on any atom is 0.224 e. The summed E-state index contributed by atoms with van der Waals surface area (Å²) in [5, 5.41) is 11.4. The van der Waals surface area contributed by atoms with Crippen molar-refractivity contribution < 1.29 is 9.13 Å². The molecule has 0 spiro atoms. The molecule has 0 bridgehead atoms. The first-order valence-electron chi connectivity index (χ1n) is 6.77. The molecule has 0 saturated carbocycles. The van der Waals surface area contributed by atoms with E-state index in [-0.39, 0.29) is 11.6 Å². The normalized spacial score (nSPS) is 13.9. The molecule has 0 unspecified atom stereocenters. The van der Waals surface area contributed by atoms with Crippen molar-refractivity contribution >= 4 is 5.95 Å². The number of anilines is 1. The molecule has 2 aromatic rings. The first-order valence-corrected chi connectivity index (χ1v) is 6.77. The first-order chi connectivity index (χ1) is 9.79. The molecule has 1 N–H and O–H groups in total. The van der Waals surface area contributed by atoms with Gasteiger partial charge >= 0.3 is 0 Å². The van der Waals surface area contributed by atoms with Gasteiger partial charge in [-0.25, -0.2) is 4.39 Å². The summed E-state index contributed by atoms with van der Waals surface area (Å²) in [4.78, 5) is 0. The van der Waals surface area contributed by atoms with Crippen molar-refractivity contribution in [2.75, 3.05) is 12.4 Å². The fourth-order valence-corrected chi connectivity index (χ4v) is 2.46. The Hall–Kier alpha value is -2.11. The summed E-state index contributed by atoms with van der Waals surface area (Å²) in [6, 6.07) is 5.12. The van der Waals surface area contributed by atoms with E-state index in [0.717, 1.165) is 31.6 Å².